The van der Waals surface area contributed by atoms with Crippen LogP contribution in [0.5, 0.6) is 11.5 Å². The fraction of sp³-hybridized carbons (Fsp3) is 0.405. The molecule has 0 saturated carbocycles. The molecule has 0 N–H and O–H groups in total. The van der Waals surface area contributed by atoms with Crippen LogP contribution >= 0.6 is 0 Å². The first-order valence-electron chi connectivity index (χ1n) is 15.9. The Kier molecular flexibility index (Phi) is 9.12. The van der Waals surface area contributed by atoms with Gasteiger partial charge in [-0.25, -0.2) is 4.79 Å². The lowest BCUT2D eigenvalue weighted by Crippen LogP contribution is -2.55. The molecule has 0 bridgehead atoms. The Bertz CT molecular complexity index is 1520. The Morgan fingerprint density at radius 2 is 1.67 bits per heavy atom. The van der Waals surface area contributed by atoms with Gasteiger partial charge in [0, 0.05) is 18.3 Å². The molecule has 1 spiro atoms. The summed E-state index contributed by atoms with van der Waals surface area (Å²) in [5.41, 5.74) is 3.02. The Labute approximate surface area is 265 Å². The number of carbonyl (C=O) groups is 2. The highest BCUT2D eigenvalue weighted by Crippen LogP contribution is 2.55. The van der Waals surface area contributed by atoms with Crippen LogP contribution in [-0.4, -0.2) is 63.3 Å². The number of piperidine rings is 1. The van der Waals surface area contributed by atoms with Crippen LogP contribution in [-0.2, 0) is 31.1 Å². The largest absolute Gasteiger partial charge is 0.504 e. The topological polar surface area (TPSA) is 77.5 Å². The van der Waals surface area contributed by atoms with E-state index in [1.165, 1.54) is 13.4 Å². The average molecular weight is 611 g/mol. The number of ether oxygens (including phenoxy) is 4. The molecule has 3 aliphatic rings. The number of hydrogen-bond acceptors (Lipinski definition) is 7. The van der Waals surface area contributed by atoms with Gasteiger partial charge >= 0.3 is 5.97 Å². The lowest BCUT2D eigenvalue weighted by molar-refractivity contribution is -0.137. The Morgan fingerprint density at radius 1 is 0.956 bits per heavy atom. The summed E-state index contributed by atoms with van der Waals surface area (Å²) in [7, 11) is 2.96. The molecule has 1 unspecified atom stereocenters. The molecule has 8 nitrogen and oxygen atoms in total. The fourth-order valence-corrected chi connectivity index (χ4v) is 7.68. The van der Waals surface area contributed by atoms with Gasteiger partial charge in [0.15, 0.2) is 0 Å². The number of benzene rings is 3. The maximum atomic E-state index is 14.6. The van der Waals surface area contributed by atoms with Gasteiger partial charge in [0.1, 0.15) is 24.7 Å². The Morgan fingerprint density at radius 3 is 2.38 bits per heavy atom. The fourth-order valence-electron chi connectivity index (χ4n) is 7.68. The van der Waals surface area contributed by atoms with E-state index < -0.39 is 5.41 Å². The summed E-state index contributed by atoms with van der Waals surface area (Å²) in [4.78, 5) is 31.8. The van der Waals surface area contributed by atoms with Gasteiger partial charge in [0.2, 0.25) is 5.91 Å². The monoisotopic (exact) mass is 610 g/mol. The summed E-state index contributed by atoms with van der Waals surface area (Å²) >= 11 is 0. The molecule has 8 heteroatoms. The van der Waals surface area contributed by atoms with Crippen molar-refractivity contribution in [2.45, 2.75) is 44.2 Å². The first-order valence-corrected chi connectivity index (χ1v) is 15.9. The van der Waals surface area contributed by atoms with E-state index in [2.05, 4.69) is 17.9 Å². The molecule has 1 amide bonds. The van der Waals surface area contributed by atoms with Crippen molar-refractivity contribution in [3.63, 3.8) is 0 Å². The number of carbonyl (C=O) groups excluding carboxylic acids is 2. The van der Waals surface area contributed by atoms with Crippen molar-refractivity contribution in [2.24, 2.45) is 11.8 Å². The zero-order chi connectivity index (χ0) is 31.4. The van der Waals surface area contributed by atoms with Crippen LogP contribution < -0.4 is 14.4 Å². The van der Waals surface area contributed by atoms with Crippen LogP contribution in [0.15, 0.2) is 90.7 Å². The molecule has 6 rings (SSSR count). The normalized spacial score (nSPS) is 24.3. The number of esters is 1. The predicted octanol–water partition coefficient (Wildman–Crippen LogP) is 5.75. The minimum atomic E-state index is -0.667. The SMILES string of the molecule is CC[C@H]1CN2CC[C@]3(C(=O)N(CCOc4ccc(OCc5ccccc5)cc4)c4ccccc43)C2C[C@@H]1/C(=C\OC)C(=O)OC. The third-order valence-corrected chi connectivity index (χ3v) is 9.87. The summed E-state index contributed by atoms with van der Waals surface area (Å²) in [6.07, 6.45) is 3.89. The lowest BCUT2D eigenvalue weighted by Gasteiger charge is -2.45. The molecule has 3 aliphatic heterocycles. The molecule has 0 aromatic heterocycles. The highest BCUT2D eigenvalue weighted by atomic mass is 16.5. The van der Waals surface area contributed by atoms with Crippen LogP contribution in [0.1, 0.15) is 37.3 Å². The summed E-state index contributed by atoms with van der Waals surface area (Å²) in [5.74, 6) is 1.46. The second-order valence-corrected chi connectivity index (χ2v) is 12.1. The van der Waals surface area contributed by atoms with Gasteiger partial charge in [-0.2, -0.15) is 0 Å². The van der Waals surface area contributed by atoms with Crippen LogP contribution in [0, 0.1) is 11.8 Å². The molecule has 236 valence electrons. The molecule has 0 aliphatic carbocycles. The first-order chi connectivity index (χ1) is 22.0. The van der Waals surface area contributed by atoms with Crippen molar-refractivity contribution in [2.75, 3.05) is 45.4 Å². The van der Waals surface area contributed by atoms with E-state index in [0.717, 1.165) is 54.2 Å². The van der Waals surface area contributed by atoms with E-state index in [1.807, 2.05) is 77.7 Å². The van der Waals surface area contributed by atoms with E-state index in [-0.39, 0.29) is 29.8 Å². The highest BCUT2D eigenvalue weighted by molar-refractivity contribution is 6.09. The van der Waals surface area contributed by atoms with Crippen molar-refractivity contribution in [1.29, 1.82) is 0 Å². The first kappa shape index (κ1) is 30.7. The summed E-state index contributed by atoms with van der Waals surface area (Å²) in [5, 5.41) is 0. The third-order valence-electron chi connectivity index (χ3n) is 9.87. The van der Waals surface area contributed by atoms with E-state index >= 15 is 0 Å². The molecule has 2 fully saturated rings. The second-order valence-electron chi connectivity index (χ2n) is 12.1. The van der Waals surface area contributed by atoms with E-state index in [9.17, 15) is 9.59 Å². The third kappa shape index (κ3) is 5.79. The van der Waals surface area contributed by atoms with Gasteiger partial charge in [-0.05, 0) is 72.7 Å². The van der Waals surface area contributed by atoms with Crippen LogP contribution in [0.4, 0.5) is 5.69 Å². The minimum Gasteiger partial charge on any atom is -0.504 e. The zero-order valence-electron chi connectivity index (χ0n) is 26.3. The Hall–Kier alpha value is -4.30. The Balaban J connectivity index is 1.17. The van der Waals surface area contributed by atoms with Crippen molar-refractivity contribution in [1.82, 2.24) is 4.90 Å². The number of hydrogen-bond donors (Lipinski definition) is 0. The summed E-state index contributed by atoms with van der Waals surface area (Å²) in [6, 6.07) is 25.8. The number of methoxy groups -OCH3 is 2. The molecule has 2 saturated heterocycles. The summed E-state index contributed by atoms with van der Waals surface area (Å²) < 4.78 is 22.5. The van der Waals surface area contributed by atoms with Gasteiger partial charge in [-0.3, -0.25) is 9.69 Å². The lowest BCUT2D eigenvalue weighted by atomic mass is 9.67. The van der Waals surface area contributed by atoms with Crippen LogP contribution in [0.3, 0.4) is 0 Å². The van der Waals surface area contributed by atoms with Gasteiger partial charge < -0.3 is 23.8 Å². The van der Waals surface area contributed by atoms with Crippen molar-refractivity contribution in [3.8, 4) is 11.5 Å². The molecular weight excluding hydrogens is 568 g/mol. The van der Waals surface area contributed by atoms with E-state index in [4.69, 9.17) is 18.9 Å². The number of amides is 1. The molecule has 3 aromatic rings. The molecule has 3 aromatic carbocycles. The number of fused-ring (bicyclic) bond motifs is 4. The second kappa shape index (κ2) is 13.4. The van der Waals surface area contributed by atoms with E-state index in [1.54, 1.807) is 7.11 Å². The van der Waals surface area contributed by atoms with Gasteiger partial charge in [-0.1, -0.05) is 61.9 Å². The maximum Gasteiger partial charge on any atom is 0.337 e. The predicted molar refractivity (Wildman–Crippen MR) is 172 cm³/mol. The van der Waals surface area contributed by atoms with Gasteiger partial charge in [0.05, 0.1) is 38.0 Å². The minimum absolute atomic E-state index is 0.0294. The number of para-hydroxylation sites is 1. The smallest absolute Gasteiger partial charge is 0.337 e. The highest BCUT2D eigenvalue weighted by Gasteiger charge is 2.62. The summed E-state index contributed by atoms with van der Waals surface area (Å²) in [6.45, 7) is 5.14. The quantitative estimate of drug-likeness (QED) is 0.155. The molecule has 0 radical (unpaired) electrons. The standard InChI is InChI=1S/C37H42N2O6/c1-4-27-23-38-19-18-37(34(38)22-30(27)31(25-42-2)35(40)43-3)32-12-8-9-13-33(32)39(36(37)41)20-21-44-28-14-16-29(17-15-28)45-24-26-10-6-5-7-11-26/h5-17,25,27,30,34H,4,18-24H2,1-3H3/b31-25+/t27-,30-,34?,37+/m0/s1. The average Bonchev–Trinajstić information content (AvgIpc) is 3.57. The van der Waals surface area contributed by atoms with Gasteiger partial charge in [0.25, 0.3) is 0 Å². The molecule has 3 heterocycles. The van der Waals surface area contributed by atoms with Crippen molar-refractivity contribution < 1.29 is 28.5 Å². The number of rotatable bonds is 11. The molecule has 4 atom stereocenters. The van der Waals surface area contributed by atoms with Crippen LogP contribution in [0.25, 0.3) is 0 Å². The zero-order valence-corrected chi connectivity index (χ0v) is 26.3. The maximum absolute atomic E-state index is 14.6. The molecule has 45 heavy (non-hydrogen) atoms. The number of anilines is 1. The van der Waals surface area contributed by atoms with Gasteiger partial charge in [-0.15, -0.1) is 0 Å². The molecular formula is C37H42N2O6. The van der Waals surface area contributed by atoms with Crippen molar-refractivity contribution in [3.05, 3.63) is 102 Å². The van der Waals surface area contributed by atoms with Crippen molar-refractivity contribution >= 4 is 17.6 Å². The number of nitrogens with zero attached hydrogens (tertiary/aromatic N) is 2. The van der Waals surface area contributed by atoms with E-state index in [0.29, 0.717) is 31.8 Å². The van der Waals surface area contributed by atoms with Crippen LogP contribution in [0.2, 0.25) is 0 Å².